The van der Waals surface area contributed by atoms with Gasteiger partial charge in [0.05, 0.1) is 5.97 Å². The van der Waals surface area contributed by atoms with Crippen LogP contribution in [-0.2, 0) is 6.42 Å². The van der Waals surface area contributed by atoms with Crippen molar-refractivity contribution in [3.05, 3.63) is 29.3 Å². The van der Waals surface area contributed by atoms with Gasteiger partial charge in [-0.1, -0.05) is 30.9 Å². The third-order valence-electron chi connectivity index (χ3n) is 1.67. The van der Waals surface area contributed by atoms with Crippen molar-refractivity contribution < 1.29 is 74.1 Å². The van der Waals surface area contributed by atoms with Crippen molar-refractivity contribution >= 4 is 5.97 Å². The standard InChI is InChI=1S/C9H10O3.2Na/c1-2-6-3-4-8(10)7(5-6)9(11)12;;/h3-5,10H,2H2,1H3,(H,11,12);;/q;2*+1/p-2. The SMILES string of the molecule is CCc1ccc([O-])c(C(=O)[O-])c1.[Na+].[Na+]. The average Bonchev–Trinajstić information content (AvgIpc) is 2.05. The number of carboxylic acids is 1. The Morgan fingerprint density at radius 1 is 1.36 bits per heavy atom. The van der Waals surface area contributed by atoms with Crippen molar-refractivity contribution in [2.24, 2.45) is 0 Å². The predicted molar refractivity (Wildman–Crippen MR) is 39.6 cm³/mol. The molecular formula is C9H8Na2O3. The zero-order chi connectivity index (χ0) is 9.14. The molecule has 0 N–H and O–H groups in total. The molecule has 0 heterocycles. The Morgan fingerprint density at radius 2 is 1.93 bits per heavy atom. The van der Waals surface area contributed by atoms with Crippen LogP contribution in [0.15, 0.2) is 18.2 Å². The van der Waals surface area contributed by atoms with Gasteiger partial charge in [0.15, 0.2) is 0 Å². The number of carboxylic acid groups (broad SMARTS) is 1. The summed E-state index contributed by atoms with van der Waals surface area (Å²) in [5, 5.41) is 21.3. The second-order valence-corrected chi connectivity index (χ2v) is 2.47. The first-order valence-electron chi connectivity index (χ1n) is 3.66. The molecule has 1 aromatic carbocycles. The molecule has 0 aliphatic rings. The van der Waals surface area contributed by atoms with Gasteiger partial charge in [0.1, 0.15) is 0 Å². The van der Waals surface area contributed by atoms with Crippen LogP contribution in [0.5, 0.6) is 5.75 Å². The van der Waals surface area contributed by atoms with Crippen LogP contribution in [0.25, 0.3) is 0 Å². The van der Waals surface area contributed by atoms with Gasteiger partial charge < -0.3 is 15.0 Å². The van der Waals surface area contributed by atoms with Crippen LogP contribution < -0.4 is 69.3 Å². The molecule has 0 fully saturated rings. The van der Waals surface area contributed by atoms with Crippen LogP contribution in [0.4, 0.5) is 0 Å². The predicted octanol–water partition coefficient (Wildman–Crippen LogP) is -6.31. The smallest absolute Gasteiger partial charge is 0.872 e. The summed E-state index contributed by atoms with van der Waals surface area (Å²) in [6, 6.07) is 4.23. The molecule has 14 heavy (non-hydrogen) atoms. The van der Waals surface area contributed by atoms with Gasteiger partial charge in [0, 0.05) is 0 Å². The van der Waals surface area contributed by atoms with Crippen LogP contribution >= 0.6 is 0 Å². The average molecular weight is 210 g/mol. The van der Waals surface area contributed by atoms with E-state index in [1.54, 1.807) is 6.07 Å². The Hall–Kier alpha value is 0.490. The molecule has 0 aromatic heterocycles. The molecule has 64 valence electrons. The van der Waals surface area contributed by atoms with E-state index in [0.717, 1.165) is 5.56 Å². The van der Waals surface area contributed by atoms with Gasteiger partial charge in [-0.3, -0.25) is 0 Å². The van der Waals surface area contributed by atoms with Gasteiger partial charge in [-0.15, -0.1) is 0 Å². The monoisotopic (exact) mass is 210 g/mol. The summed E-state index contributed by atoms with van der Waals surface area (Å²) < 4.78 is 0. The Kier molecular flexibility index (Phi) is 9.34. The Morgan fingerprint density at radius 3 is 2.36 bits per heavy atom. The molecule has 0 bridgehead atoms. The van der Waals surface area contributed by atoms with Crippen molar-refractivity contribution in [3.63, 3.8) is 0 Å². The molecule has 0 unspecified atom stereocenters. The number of benzene rings is 1. The largest absolute Gasteiger partial charge is 1.00 e. The van der Waals surface area contributed by atoms with Crippen LogP contribution in [0.3, 0.4) is 0 Å². The van der Waals surface area contributed by atoms with E-state index in [4.69, 9.17) is 0 Å². The fraction of sp³-hybridized carbons (Fsp3) is 0.222. The summed E-state index contributed by atoms with van der Waals surface area (Å²) in [6.45, 7) is 1.89. The molecule has 5 heteroatoms. The second kappa shape index (κ2) is 7.74. The maximum Gasteiger partial charge on any atom is 1.00 e. The van der Waals surface area contributed by atoms with E-state index < -0.39 is 11.7 Å². The molecule has 0 aliphatic carbocycles. The summed E-state index contributed by atoms with van der Waals surface area (Å²) >= 11 is 0. The molecule has 0 aliphatic heterocycles. The van der Waals surface area contributed by atoms with Crippen molar-refractivity contribution in [2.45, 2.75) is 13.3 Å². The van der Waals surface area contributed by atoms with Gasteiger partial charge in [-0.05, 0) is 17.5 Å². The van der Waals surface area contributed by atoms with Crippen LogP contribution in [0, 0.1) is 0 Å². The zero-order valence-corrected chi connectivity index (χ0v) is 12.7. The first kappa shape index (κ1) is 16.9. The summed E-state index contributed by atoms with van der Waals surface area (Å²) in [5.74, 6) is -1.90. The van der Waals surface area contributed by atoms with Crippen molar-refractivity contribution in [3.8, 4) is 5.75 Å². The maximum absolute atomic E-state index is 10.9. The van der Waals surface area contributed by atoms with Crippen molar-refractivity contribution in [1.29, 1.82) is 0 Å². The molecule has 0 radical (unpaired) electrons. The summed E-state index contributed by atoms with van der Waals surface area (Å²) in [6.07, 6.45) is 0.709. The molecule has 0 saturated heterocycles. The molecular weight excluding hydrogens is 202 g/mol. The minimum atomic E-state index is -1.41. The maximum atomic E-state index is 10.9. The van der Waals surface area contributed by atoms with Crippen LogP contribution in [0.1, 0.15) is 22.8 Å². The molecule has 0 atom stereocenters. The normalized spacial score (nSPS) is 8.36. The number of carbonyl (C=O) groups is 1. The summed E-state index contributed by atoms with van der Waals surface area (Å²) in [4.78, 5) is 10.4. The van der Waals surface area contributed by atoms with Crippen LogP contribution in [0.2, 0.25) is 0 Å². The first-order chi connectivity index (χ1) is 5.65. The van der Waals surface area contributed by atoms with E-state index in [1.165, 1.54) is 12.1 Å². The minimum Gasteiger partial charge on any atom is -0.872 e. The molecule has 1 aromatic rings. The Labute approximate surface area is 127 Å². The second-order valence-electron chi connectivity index (χ2n) is 2.47. The molecule has 3 nitrogen and oxygen atoms in total. The first-order valence-corrected chi connectivity index (χ1v) is 3.66. The number of hydrogen-bond donors (Lipinski definition) is 0. The van der Waals surface area contributed by atoms with Gasteiger partial charge in [0.25, 0.3) is 0 Å². The zero-order valence-electron chi connectivity index (χ0n) is 8.66. The van der Waals surface area contributed by atoms with E-state index >= 15 is 0 Å². The molecule has 0 saturated carbocycles. The number of aromatic carboxylic acids is 1. The van der Waals surface area contributed by atoms with Crippen molar-refractivity contribution in [1.82, 2.24) is 0 Å². The van der Waals surface area contributed by atoms with Crippen molar-refractivity contribution in [2.75, 3.05) is 0 Å². The van der Waals surface area contributed by atoms with Crippen LogP contribution in [-0.4, -0.2) is 5.97 Å². The molecule has 0 amide bonds. The van der Waals surface area contributed by atoms with E-state index in [0.29, 0.717) is 6.42 Å². The number of aryl methyl sites for hydroxylation is 1. The third kappa shape index (κ3) is 4.34. The number of rotatable bonds is 2. The van der Waals surface area contributed by atoms with E-state index in [9.17, 15) is 15.0 Å². The Balaban J connectivity index is 0. The van der Waals surface area contributed by atoms with Gasteiger partial charge in [-0.2, -0.15) is 0 Å². The molecule has 0 spiro atoms. The van der Waals surface area contributed by atoms with E-state index in [1.807, 2.05) is 6.92 Å². The summed E-state index contributed by atoms with van der Waals surface area (Å²) in [5.41, 5.74) is 0.572. The number of carbonyl (C=O) groups excluding carboxylic acids is 1. The topological polar surface area (TPSA) is 63.2 Å². The van der Waals surface area contributed by atoms with Gasteiger partial charge in [-0.25, -0.2) is 0 Å². The number of hydrogen-bond acceptors (Lipinski definition) is 3. The van der Waals surface area contributed by atoms with Gasteiger partial charge >= 0.3 is 59.1 Å². The molecule has 1 rings (SSSR count). The van der Waals surface area contributed by atoms with E-state index in [-0.39, 0.29) is 64.7 Å². The van der Waals surface area contributed by atoms with E-state index in [2.05, 4.69) is 0 Å². The third-order valence-corrected chi connectivity index (χ3v) is 1.67. The quantitative estimate of drug-likeness (QED) is 0.456. The minimum absolute atomic E-state index is 0. The Bertz CT molecular complexity index is 313. The van der Waals surface area contributed by atoms with Gasteiger partial charge in [0.2, 0.25) is 0 Å². The fourth-order valence-corrected chi connectivity index (χ4v) is 0.957. The fourth-order valence-electron chi connectivity index (χ4n) is 0.957. The summed E-state index contributed by atoms with van der Waals surface area (Å²) in [7, 11) is 0.